The van der Waals surface area contributed by atoms with E-state index in [-0.39, 0.29) is 11.9 Å². The molecule has 1 amide bonds. The minimum atomic E-state index is 0.0470. The van der Waals surface area contributed by atoms with Crippen LogP contribution in [-0.2, 0) is 4.79 Å². The van der Waals surface area contributed by atoms with Crippen LogP contribution < -0.4 is 10.2 Å². The molecule has 2 aromatic carbocycles. The van der Waals surface area contributed by atoms with Gasteiger partial charge in [0.15, 0.2) is 5.82 Å². The third kappa shape index (κ3) is 5.24. The summed E-state index contributed by atoms with van der Waals surface area (Å²) in [6, 6.07) is 15.7. The second kappa shape index (κ2) is 9.70. The van der Waals surface area contributed by atoms with Crippen LogP contribution >= 0.6 is 11.6 Å². The Morgan fingerprint density at radius 2 is 1.79 bits per heavy atom. The lowest BCUT2D eigenvalue weighted by Gasteiger charge is -2.25. The Hall–Kier alpha value is -2.66. The number of hydrogen-bond donors (Lipinski definition) is 1. The van der Waals surface area contributed by atoms with Gasteiger partial charge in [-0.2, -0.15) is 0 Å². The maximum Gasteiger partial charge on any atom is 0.221 e. The molecular formula is C23H27ClN4O. The first-order valence-electron chi connectivity index (χ1n) is 10.1. The molecule has 29 heavy (non-hydrogen) atoms. The average Bonchev–Trinajstić information content (AvgIpc) is 2.70. The first kappa shape index (κ1) is 21.1. The fraction of sp³-hybridized carbons (Fsp3) is 0.348. The van der Waals surface area contributed by atoms with Crippen molar-refractivity contribution in [1.29, 1.82) is 0 Å². The number of anilines is 1. The van der Waals surface area contributed by atoms with Crippen LogP contribution in [0.3, 0.4) is 0 Å². The molecule has 1 aromatic heterocycles. The van der Waals surface area contributed by atoms with Crippen LogP contribution in [-0.4, -0.2) is 35.0 Å². The zero-order valence-electron chi connectivity index (χ0n) is 17.2. The quantitative estimate of drug-likeness (QED) is 0.562. The fourth-order valence-corrected chi connectivity index (χ4v) is 3.51. The monoisotopic (exact) mass is 410 g/mol. The topological polar surface area (TPSA) is 58.1 Å². The second-order valence-corrected chi connectivity index (χ2v) is 7.73. The summed E-state index contributed by atoms with van der Waals surface area (Å²) in [4.78, 5) is 24.0. The third-order valence-corrected chi connectivity index (χ3v) is 4.88. The predicted molar refractivity (Wildman–Crippen MR) is 120 cm³/mol. The number of carbonyl (C=O) groups is 1. The molecule has 0 saturated heterocycles. The van der Waals surface area contributed by atoms with E-state index in [2.05, 4.69) is 17.1 Å². The highest BCUT2D eigenvalue weighted by Gasteiger charge is 2.17. The molecule has 3 aromatic rings. The molecule has 6 heteroatoms. The van der Waals surface area contributed by atoms with Crippen LogP contribution in [0.25, 0.3) is 22.3 Å². The summed E-state index contributed by atoms with van der Waals surface area (Å²) in [5.74, 6) is 1.48. The number of aromatic nitrogens is 2. The van der Waals surface area contributed by atoms with Gasteiger partial charge < -0.3 is 10.2 Å². The summed E-state index contributed by atoms with van der Waals surface area (Å²) in [6.07, 6.45) is 1.36. The van der Waals surface area contributed by atoms with Gasteiger partial charge in [-0.05, 0) is 44.5 Å². The van der Waals surface area contributed by atoms with E-state index >= 15 is 0 Å². The summed E-state index contributed by atoms with van der Waals surface area (Å²) in [7, 11) is 0. The average molecular weight is 411 g/mol. The van der Waals surface area contributed by atoms with Crippen molar-refractivity contribution in [2.45, 2.75) is 39.7 Å². The van der Waals surface area contributed by atoms with Gasteiger partial charge in [0.05, 0.1) is 10.5 Å². The van der Waals surface area contributed by atoms with Gasteiger partial charge in [0.1, 0.15) is 5.82 Å². The number of nitrogens with zero attached hydrogens (tertiary/aromatic N) is 3. The van der Waals surface area contributed by atoms with Crippen LogP contribution in [0.15, 0.2) is 48.5 Å². The molecule has 0 fully saturated rings. The maximum atomic E-state index is 12.2. The lowest BCUT2D eigenvalue weighted by atomic mass is 10.1. The highest BCUT2D eigenvalue weighted by Crippen LogP contribution is 2.31. The smallest absolute Gasteiger partial charge is 0.221 e. The summed E-state index contributed by atoms with van der Waals surface area (Å²) in [5.41, 5.74) is 1.66. The largest absolute Gasteiger partial charge is 0.355 e. The van der Waals surface area contributed by atoms with Crippen molar-refractivity contribution in [3.8, 4) is 11.4 Å². The van der Waals surface area contributed by atoms with Gasteiger partial charge >= 0.3 is 0 Å². The molecule has 1 heterocycles. The first-order chi connectivity index (χ1) is 14.0. The van der Waals surface area contributed by atoms with E-state index in [1.54, 1.807) is 0 Å². The minimum absolute atomic E-state index is 0.0470. The summed E-state index contributed by atoms with van der Waals surface area (Å²) in [5, 5.41) is 4.55. The number of benzene rings is 2. The predicted octanol–water partition coefficient (Wildman–Crippen LogP) is 5.08. The molecule has 0 aliphatic carbocycles. The van der Waals surface area contributed by atoms with E-state index in [4.69, 9.17) is 21.6 Å². The second-order valence-electron chi connectivity index (χ2n) is 7.33. The van der Waals surface area contributed by atoms with Crippen molar-refractivity contribution in [2.75, 3.05) is 18.0 Å². The molecule has 0 saturated carbocycles. The Kier molecular flexibility index (Phi) is 7.04. The van der Waals surface area contributed by atoms with Crippen molar-refractivity contribution in [1.82, 2.24) is 15.3 Å². The van der Waals surface area contributed by atoms with Crippen LogP contribution in [0.2, 0.25) is 5.02 Å². The number of amides is 1. The van der Waals surface area contributed by atoms with E-state index in [1.807, 2.05) is 62.4 Å². The molecule has 0 aliphatic rings. The van der Waals surface area contributed by atoms with Crippen LogP contribution in [0.1, 0.15) is 33.6 Å². The maximum absolute atomic E-state index is 12.2. The minimum Gasteiger partial charge on any atom is -0.355 e. The van der Waals surface area contributed by atoms with Crippen molar-refractivity contribution in [3.63, 3.8) is 0 Å². The van der Waals surface area contributed by atoms with E-state index in [1.165, 1.54) is 0 Å². The van der Waals surface area contributed by atoms with Gasteiger partial charge in [0, 0.05) is 36.5 Å². The molecule has 152 valence electrons. The molecule has 0 atom stereocenters. The van der Waals surface area contributed by atoms with E-state index in [0.717, 1.165) is 35.2 Å². The van der Waals surface area contributed by atoms with Crippen molar-refractivity contribution in [3.05, 3.63) is 53.6 Å². The van der Waals surface area contributed by atoms with Crippen molar-refractivity contribution in [2.24, 2.45) is 0 Å². The molecule has 0 spiro atoms. The van der Waals surface area contributed by atoms with E-state index in [9.17, 15) is 4.79 Å². The first-order valence-corrected chi connectivity index (χ1v) is 10.4. The molecule has 5 nitrogen and oxygen atoms in total. The number of para-hydroxylation sites is 1. The van der Waals surface area contributed by atoms with Gasteiger partial charge in [-0.1, -0.05) is 42.8 Å². The summed E-state index contributed by atoms with van der Waals surface area (Å²) < 4.78 is 0. The molecular weight excluding hydrogens is 384 g/mol. The van der Waals surface area contributed by atoms with Gasteiger partial charge in [0.25, 0.3) is 0 Å². The lowest BCUT2D eigenvalue weighted by Crippen LogP contribution is -2.35. The van der Waals surface area contributed by atoms with E-state index in [0.29, 0.717) is 23.8 Å². The molecule has 0 radical (unpaired) electrons. The number of rotatable bonds is 8. The Bertz CT molecular complexity index is 990. The Morgan fingerprint density at radius 3 is 2.52 bits per heavy atom. The number of hydrogen-bond acceptors (Lipinski definition) is 4. The lowest BCUT2D eigenvalue weighted by molar-refractivity contribution is -0.121. The Morgan fingerprint density at radius 1 is 1.07 bits per heavy atom. The van der Waals surface area contributed by atoms with E-state index < -0.39 is 0 Å². The Balaban J connectivity index is 2.02. The standard InChI is InChI=1S/C23H27ClN4O/c1-4-14-28(15-13-21(29)25-16(2)3)23-18-10-6-8-12-20(18)26-22(27-23)17-9-5-7-11-19(17)24/h5-12,16H,4,13-15H2,1-3H3,(H,25,29). The van der Waals surface area contributed by atoms with Gasteiger partial charge in [-0.25, -0.2) is 9.97 Å². The molecule has 3 rings (SSSR count). The number of halogens is 1. The Labute approximate surface area is 177 Å². The number of carbonyl (C=O) groups excluding carboxylic acids is 1. The zero-order chi connectivity index (χ0) is 20.8. The van der Waals surface area contributed by atoms with Crippen LogP contribution in [0.4, 0.5) is 5.82 Å². The third-order valence-electron chi connectivity index (χ3n) is 4.55. The molecule has 0 aliphatic heterocycles. The summed E-state index contributed by atoms with van der Waals surface area (Å²) in [6.45, 7) is 7.46. The van der Waals surface area contributed by atoms with Crippen LogP contribution in [0, 0.1) is 0 Å². The SMILES string of the molecule is CCCN(CCC(=O)NC(C)C)c1nc(-c2ccccc2Cl)nc2ccccc12. The molecule has 0 bridgehead atoms. The number of nitrogens with one attached hydrogen (secondary N) is 1. The molecule has 1 N–H and O–H groups in total. The van der Waals surface area contributed by atoms with Crippen molar-refractivity contribution >= 4 is 34.2 Å². The molecule has 0 unspecified atom stereocenters. The van der Waals surface area contributed by atoms with Crippen LogP contribution in [0.5, 0.6) is 0 Å². The van der Waals surface area contributed by atoms with Gasteiger partial charge in [-0.3, -0.25) is 4.79 Å². The number of fused-ring (bicyclic) bond motifs is 1. The highest BCUT2D eigenvalue weighted by molar-refractivity contribution is 6.33. The normalized spacial score (nSPS) is 11.1. The van der Waals surface area contributed by atoms with Crippen molar-refractivity contribution < 1.29 is 4.79 Å². The fourth-order valence-electron chi connectivity index (χ4n) is 3.29. The highest BCUT2D eigenvalue weighted by atomic mass is 35.5. The summed E-state index contributed by atoms with van der Waals surface area (Å²) >= 11 is 6.41. The van der Waals surface area contributed by atoms with Gasteiger partial charge in [-0.15, -0.1) is 0 Å². The zero-order valence-corrected chi connectivity index (χ0v) is 17.9. The van der Waals surface area contributed by atoms with Gasteiger partial charge in [0.2, 0.25) is 5.91 Å².